The van der Waals surface area contributed by atoms with Gasteiger partial charge < -0.3 is 14.7 Å². The van der Waals surface area contributed by atoms with E-state index in [1.807, 2.05) is 13.8 Å². The lowest BCUT2D eigenvalue weighted by Gasteiger charge is -2.27. The molecule has 1 aromatic carbocycles. The molecule has 1 fully saturated rings. The Balaban J connectivity index is 2.16. The molecule has 2 rings (SSSR count). The molecule has 1 aliphatic rings. The molecular weight excluding hydrogens is 376 g/mol. The van der Waals surface area contributed by atoms with Crippen LogP contribution in [0.15, 0.2) is 24.3 Å². The van der Waals surface area contributed by atoms with Crippen LogP contribution in [0, 0.1) is 0 Å². The molecule has 8 nitrogen and oxygen atoms in total. The van der Waals surface area contributed by atoms with Crippen molar-refractivity contribution >= 4 is 29.4 Å². The van der Waals surface area contributed by atoms with E-state index in [9.17, 15) is 19.2 Å². The van der Waals surface area contributed by atoms with Crippen molar-refractivity contribution in [3.63, 3.8) is 0 Å². The van der Waals surface area contributed by atoms with E-state index in [4.69, 9.17) is 9.84 Å². The molecule has 1 saturated heterocycles. The molecule has 0 aliphatic carbocycles. The maximum Gasteiger partial charge on any atom is 0.303 e. The van der Waals surface area contributed by atoms with Crippen LogP contribution in [0.2, 0.25) is 0 Å². The number of unbranched alkanes of at least 4 members (excludes halogenated alkanes) is 1. The molecule has 0 saturated carbocycles. The van der Waals surface area contributed by atoms with Crippen molar-refractivity contribution < 1.29 is 29.0 Å². The summed E-state index contributed by atoms with van der Waals surface area (Å²) in [5.74, 6) is -1.68. The van der Waals surface area contributed by atoms with Crippen molar-refractivity contribution in [3.8, 4) is 5.75 Å². The Hall–Kier alpha value is -2.90. The number of rotatable bonds is 11. The van der Waals surface area contributed by atoms with Crippen LogP contribution in [0.5, 0.6) is 5.75 Å². The van der Waals surface area contributed by atoms with Gasteiger partial charge in [-0.3, -0.25) is 19.2 Å². The zero-order chi connectivity index (χ0) is 21.4. The molecule has 1 aromatic rings. The minimum Gasteiger partial charge on any atom is -0.494 e. The second-order valence-corrected chi connectivity index (χ2v) is 6.96. The quantitative estimate of drug-likeness (QED) is 0.569. The van der Waals surface area contributed by atoms with Crippen LogP contribution in [0.1, 0.15) is 52.4 Å². The second-order valence-electron chi connectivity index (χ2n) is 6.96. The van der Waals surface area contributed by atoms with Crippen LogP contribution >= 0.6 is 0 Å². The molecule has 0 aromatic heterocycles. The molecule has 1 heterocycles. The lowest BCUT2D eigenvalue weighted by Crippen LogP contribution is -2.46. The summed E-state index contributed by atoms with van der Waals surface area (Å²) in [4.78, 5) is 51.3. The summed E-state index contributed by atoms with van der Waals surface area (Å²) in [6.45, 7) is 4.85. The summed E-state index contributed by atoms with van der Waals surface area (Å²) in [6, 6.07) is 5.79. The number of carbonyl (C=O) groups excluding carboxylic acids is 3. The molecule has 3 amide bonds. The number of hydrogen-bond acceptors (Lipinski definition) is 5. The minimum atomic E-state index is -1.07. The molecule has 8 heteroatoms. The lowest BCUT2D eigenvalue weighted by molar-refractivity contribution is -0.143. The number of ether oxygens (including phenoxy) is 1. The van der Waals surface area contributed by atoms with E-state index in [1.165, 1.54) is 4.90 Å². The first-order chi connectivity index (χ1) is 13.9. The van der Waals surface area contributed by atoms with Crippen molar-refractivity contribution in [1.82, 2.24) is 4.90 Å². The molecule has 1 aliphatic heterocycles. The SMILES string of the molecule is CCCCN(C(=O)CCC(=O)O)[C@@H]1CC(=O)N(c2ccc(OCCC)cc2)C1=O. The van der Waals surface area contributed by atoms with Crippen LogP contribution in [-0.2, 0) is 19.2 Å². The molecule has 0 unspecified atom stereocenters. The first-order valence-electron chi connectivity index (χ1n) is 9.99. The fourth-order valence-corrected chi connectivity index (χ4v) is 3.18. The van der Waals surface area contributed by atoms with Crippen LogP contribution in [0.4, 0.5) is 5.69 Å². The number of hydrogen-bond donors (Lipinski definition) is 1. The lowest BCUT2D eigenvalue weighted by atomic mass is 10.1. The Morgan fingerprint density at radius 3 is 2.41 bits per heavy atom. The van der Waals surface area contributed by atoms with E-state index in [2.05, 4.69) is 0 Å². The highest BCUT2D eigenvalue weighted by molar-refractivity contribution is 6.23. The average molecular weight is 404 g/mol. The Morgan fingerprint density at radius 2 is 1.83 bits per heavy atom. The van der Waals surface area contributed by atoms with Gasteiger partial charge >= 0.3 is 5.97 Å². The normalized spacial score (nSPS) is 16.2. The number of imide groups is 1. The summed E-state index contributed by atoms with van der Waals surface area (Å²) in [5, 5.41) is 8.84. The molecule has 158 valence electrons. The zero-order valence-corrected chi connectivity index (χ0v) is 16.9. The molecule has 0 bridgehead atoms. The number of benzene rings is 1. The Bertz CT molecular complexity index is 746. The summed E-state index contributed by atoms with van der Waals surface area (Å²) in [7, 11) is 0. The standard InChI is InChI=1S/C21H28N2O6/c1-3-5-12-22(18(24)10-11-20(26)27)17-14-19(25)23(21(17)28)15-6-8-16(9-7-15)29-13-4-2/h6-9,17H,3-5,10-14H2,1-2H3,(H,26,27)/t17-/m1/s1. The maximum atomic E-state index is 13.0. The first-order valence-corrected chi connectivity index (χ1v) is 9.99. The van der Waals surface area contributed by atoms with E-state index in [0.717, 1.165) is 17.7 Å². The third kappa shape index (κ3) is 5.79. The number of amides is 3. The average Bonchev–Trinajstić information content (AvgIpc) is 2.99. The number of anilines is 1. The zero-order valence-electron chi connectivity index (χ0n) is 16.9. The predicted octanol–water partition coefficient (Wildman–Crippen LogP) is 2.60. The summed E-state index contributed by atoms with van der Waals surface area (Å²) in [5.41, 5.74) is 0.430. The Labute approximate surface area is 170 Å². The minimum absolute atomic E-state index is 0.102. The van der Waals surface area contributed by atoms with Crippen molar-refractivity contribution in [2.24, 2.45) is 0 Å². The second kappa shape index (κ2) is 10.6. The van der Waals surface area contributed by atoms with Gasteiger partial charge in [0, 0.05) is 13.0 Å². The van der Waals surface area contributed by atoms with Crippen molar-refractivity contribution in [1.29, 1.82) is 0 Å². The van der Waals surface area contributed by atoms with Crippen molar-refractivity contribution in [2.45, 2.75) is 58.4 Å². The van der Waals surface area contributed by atoms with Crippen LogP contribution in [-0.4, -0.2) is 52.9 Å². The number of carbonyl (C=O) groups is 4. The monoisotopic (exact) mass is 404 g/mol. The first kappa shape index (κ1) is 22.4. The van der Waals surface area contributed by atoms with Gasteiger partial charge in [-0.05, 0) is 37.1 Å². The van der Waals surface area contributed by atoms with Gasteiger partial charge in [0.1, 0.15) is 11.8 Å². The van der Waals surface area contributed by atoms with Gasteiger partial charge in [-0.15, -0.1) is 0 Å². The van der Waals surface area contributed by atoms with Gasteiger partial charge in [0.05, 0.1) is 25.1 Å². The summed E-state index contributed by atoms with van der Waals surface area (Å²) in [6.07, 6.45) is 1.74. The highest BCUT2D eigenvalue weighted by Crippen LogP contribution is 2.28. The summed E-state index contributed by atoms with van der Waals surface area (Å²) >= 11 is 0. The van der Waals surface area contributed by atoms with E-state index in [-0.39, 0.29) is 25.2 Å². The van der Waals surface area contributed by atoms with Gasteiger partial charge in [0.25, 0.3) is 5.91 Å². The van der Waals surface area contributed by atoms with Gasteiger partial charge in [0.2, 0.25) is 11.8 Å². The van der Waals surface area contributed by atoms with Crippen molar-refractivity contribution in [3.05, 3.63) is 24.3 Å². The number of nitrogens with zero attached hydrogens (tertiary/aromatic N) is 2. The smallest absolute Gasteiger partial charge is 0.303 e. The maximum absolute atomic E-state index is 13.0. The van der Waals surface area contributed by atoms with E-state index in [0.29, 0.717) is 31.0 Å². The molecule has 1 N–H and O–H groups in total. The fourth-order valence-electron chi connectivity index (χ4n) is 3.18. The fraction of sp³-hybridized carbons (Fsp3) is 0.524. The topological polar surface area (TPSA) is 104 Å². The number of aliphatic carboxylic acids is 1. The number of carboxylic acid groups (broad SMARTS) is 1. The van der Waals surface area contributed by atoms with Crippen LogP contribution in [0.25, 0.3) is 0 Å². The highest BCUT2D eigenvalue weighted by Gasteiger charge is 2.44. The van der Waals surface area contributed by atoms with E-state index in [1.54, 1.807) is 24.3 Å². The number of carboxylic acids is 1. The largest absolute Gasteiger partial charge is 0.494 e. The van der Waals surface area contributed by atoms with Crippen LogP contribution in [0.3, 0.4) is 0 Å². The molecular formula is C21H28N2O6. The van der Waals surface area contributed by atoms with Gasteiger partial charge in [-0.25, -0.2) is 4.90 Å². The molecule has 0 spiro atoms. The van der Waals surface area contributed by atoms with Gasteiger partial charge in [-0.2, -0.15) is 0 Å². The van der Waals surface area contributed by atoms with Crippen molar-refractivity contribution in [2.75, 3.05) is 18.1 Å². The molecule has 0 radical (unpaired) electrons. The van der Waals surface area contributed by atoms with Gasteiger partial charge in [-0.1, -0.05) is 20.3 Å². The Kier molecular flexibility index (Phi) is 8.18. The van der Waals surface area contributed by atoms with Crippen LogP contribution < -0.4 is 9.64 Å². The van der Waals surface area contributed by atoms with E-state index < -0.39 is 23.8 Å². The predicted molar refractivity (Wildman–Crippen MR) is 107 cm³/mol. The third-order valence-corrected chi connectivity index (χ3v) is 4.69. The van der Waals surface area contributed by atoms with E-state index >= 15 is 0 Å². The summed E-state index contributed by atoms with van der Waals surface area (Å²) < 4.78 is 5.52. The highest BCUT2D eigenvalue weighted by atomic mass is 16.5. The third-order valence-electron chi connectivity index (χ3n) is 4.69. The van der Waals surface area contributed by atoms with Gasteiger partial charge in [0.15, 0.2) is 0 Å². The Morgan fingerprint density at radius 1 is 1.14 bits per heavy atom. The molecule has 29 heavy (non-hydrogen) atoms. The molecule has 1 atom stereocenters.